The summed E-state index contributed by atoms with van der Waals surface area (Å²) in [5.41, 5.74) is 5.63. The summed E-state index contributed by atoms with van der Waals surface area (Å²) < 4.78 is 5.34. The molecule has 0 amide bonds. The largest absolute Gasteiger partial charge is 0.394 e. The molecule has 1 saturated heterocycles. The molecule has 0 aromatic rings. The molecule has 1 rings (SSSR count). The molecule has 2 unspecified atom stereocenters. The quantitative estimate of drug-likeness (QED) is 0.654. The van der Waals surface area contributed by atoms with Crippen molar-refractivity contribution in [3.05, 3.63) is 0 Å². The highest BCUT2D eigenvalue weighted by molar-refractivity contribution is 4.90. The van der Waals surface area contributed by atoms with Gasteiger partial charge in [0.25, 0.3) is 0 Å². The number of aliphatic hydroxyl groups is 1. The molecule has 0 aliphatic carbocycles. The van der Waals surface area contributed by atoms with Crippen molar-refractivity contribution in [1.29, 1.82) is 0 Å². The van der Waals surface area contributed by atoms with E-state index in [4.69, 9.17) is 15.6 Å². The first kappa shape index (κ1) is 9.96. The van der Waals surface area contributed by atoms with Crippen molar-refractivity contribution >= 4 is 0 Å². The summed E-state index contributed by atoms with van der Waals surface area (Å²) in [5.74, 6) is 0.334. The van der Waals surface area contributed by atoms with Crippen LogP contribution in [0.25, 0.3) is 0 Å². The zero-order valence-electron chi connectivity index (χ0n) is 7.75. The normalized spacial score (nSPS) is 29.8. The summed E-state index contributed by atoms with van der Waals surface area (Å²) in [5, 5.41) is 9.16. The second-order valence-corrected chi connectivity index (χ2v) is 3.66. The van der Waals surface area contributed by atoms with Gasteiger partial charge >= 0.3 is 0 Å². The monoisotopic (exact) mass is 173 g/mol. The number of nitrogens with two attached hydrogens (primary N) is 1. The van der Waals surface area contributed by atoms with Crippen LogP contribution in [0.5, 0.6) is 0 Å². The van der Waals surface area contributed by atoms with Gasteiger partial charge in [0, 0.05) is 18.1 Å². The lowest BCUT2D eigenvalue weighted by atomic mass is 9.80. The Morgan fingerprint density at radius 3 is 2.83 bits per heavy atom. The maximum atomic E-state index is 9.16. The fourth-order valence-electron chi connectivity index (χ4n) is 1.72. The number of rotatable bonds is 3. The average molecular weight is 173 g/mol. The fourth-order valence-corrected chi connectivity index (χ4v) is 1.72. The van der Waals surface area contributed by atoms with Crippen LogP contribution in [0.15, 0.2) is 0 Å². The Bertz CT molecular complexity index is 128. The first-order valence-electron chi connectivity index (χ1n) is 4.70. The van der Waals surface area contributed by atoms with E-state index in [1.54, 1.807) is 0 Å². The van der Waals surface area contributed by atoms with Gasteiger partial charge < -0.3 is 15.6 Å². The van der Waals surface area contributed by atoms with E-state index >= 15 is 0 Å². The molecule has 0 radical (unpaired) electrons. The minimum absolute atomic E-state index is 0.0670. The van der Waals surface area contributed by atoms with Gasteiger partial charge in [-0.05, 0) is 19.3 Å². The molecule has 0 spiro atoms. The van der Waals surface area contributed by atoms with E-state index in [1.807, 2.05) is 6.92 Å². The van der Waals surface area contributed by atoms with E-state index in [1.165, 1.54) is 0 Å². The van der Waals surface area contributed by atoms with Crippen molar-refractivity contribution in [3.8, 4) is 0 Å². The third kappa shape index (κ3) is 1.97. The van der Waals surface area contributed by atoms with Crippen molar-refractivity contribution in [2.75, 3.05) is 19.8 Å². The molecular weight excluding hydrogens is 154 g/mol. The van der Waals surface area contributed by atoms with Crippen LogP contribution in [-0.2, 0) is 4.74 Å². The van der Waals surface area contributed by atoms with Crippen molar-refractivity contribution in [2.45, 2.75) is 31.7 Å². The summed E-state index contributed by atoms with van der Waals surface area (Å²) in [7, 11) is 0. The van der Waals surface area contributed by atoms with E-state index in [-0.39, 0.29) is 6.61 Å². The van der Waals surface area contributed by atoms with Crippen LogP contribution < -0.4 is 5.73 Å². The molecule has 0 bridgehead atoms. The Kier molecular flexibility index (Phi) is 3.50. The molecule has 2 atom stereocenters. The number of aliphatic hydroxyl groups excluding tert-OH is 1. The van der Waals surface area contributed by atoms with Crippen LogP contribution in [0.1, 0.15) is 26.2 Å². The highest BCUT2D eigenvalue weighted by Crippen LogP contribution is 2.26. The first-order chi connectivity index (χ1) is 5.73. The van der Waals surface area contributed by atoms with Gasteiger partial charge in [0.2, 0.25) is 0 Å². The zero-order chi connectivity index (χ0) is 9.03. The SMILES string of the molecule is CCC(N)(CO)C1CCCOC1. The van der Waals surface area contributed by atoms with Crippen LogP contribution in [0.2, 0.25) is 0 Å². The van der Waals surface area contributed by atoms with Crippen LogP contribution in [-0.4, -0.2) is 30.5 Å². The van der Waals surface area contributed by atoms with Crippen LogP contribution in [0.3, 0.4) is 0 Å². The first-order valence-corrected chi connectivity index (χ1v) is 4.70. The Labute approximate surface area is 73.9 Å². The molecule has 1 aliphatic rings. The van der Waals surface area contributed by atoms with Gasteiger partial charge in [0.05, 0.1) is 13.2 Å². The number of ether oxygens (including phenoxy) is 1. The predicted octanol–water partition coefficient (Wildman–Crippen LogP) is 0.513. The minimum atomic E-state index is -0.416. The Balaban J connectivity index is 2.51. The van der Waals surface area contributed by atoms with Gasteiger partial charge in [-0.2, -0.15) is 0 Å². The van der Waals surface area contributed by atoms with Crippen LogP contribution >= 0.6 is 0 Å². The Morgan fingerprint density at radius 1 is 1.67 bits per heavy atom. The summed E-state index contributed by atoms with van der Waals surface area (Å²) in [4.78, 5) is 0. The summed E-state index contributed by atoms with van der Waals surface area (Å²) in [6.45, 7) is 3.65. The number of hydrogen-bond acceptors (Lipinski definition) is 3. The van der Waals surface area contributed by atoms with Crippen molar-refractivity contribution < 1.29 is 9.84 Å². The smallest absolute Gasteiger partial charge is 0.0614 e. The third-order valence-corrected chi connectivity index (χ3v) is 2.93. The second kappa shape index (κ2) is 4.21. The molecule has 3 N–H and O–H groups in total. The standard InChI is InChI=1S/C9H19NO2/c1-2-9(10,7-11)8-4-3-5-12-6-8/h8,11H,2-7,10H2,1H3. The van der Waals surface area contributed by atoms with E-state index in [2.05, 4.69) is 0 Å². The molecule has 3 nitrogen and oxygen atoms in total. The molecule has 1 aliphatic heterocycles. The van der Waals surface area contributed by atoms with E-state index in [0.717, 1.165) is 25.9 Å². The highest BCUT2D eigenvalue weighted by Gasteiger charge is 2.33. The maximum Gasteiger partial charge on any atom is 0.0614 e. The van der Waals surface area contributed by atoms with Gasteiger partial charge in [-0.1, -0.05) is 6.92 Å². The van der Waals surface area contributed by atoms with Crippen LogP contribution in [0.4, 0.5) is 0 Å². The highest BCUT2D eigenvalue weighted by atomic mass is 16.5. The molecule has 1 fully saturated rings. The molecule has 3 heteroatoms. The third-order valence-electron chi connectivity index (χ3n) is 2.93. The number of hydrogen-bond donors (Lipinski definition) is 2. The zero-order valence-corrected chi connectivity index (χ0v) is 7.75. The lowest BCUT2D eigenvalue weighted by Crippen LogP contribution is -2.52. The van der Waals surface area contributed by atoms with E-state index < -0.39 is 5.54 Å². The lowest BCUT2D eigenvalue weighted by molar-refractivity contribution is 0.00282. The van der Waals surface area contributed by atoms with Gasteiger partial charge in [0.15, 0.2) is 0 Å². The average Bonchev–Trinajstić information content (AvgIpc) is 2.18. The molecule has 12 heavy (non-hydrogen) atoms. The molecule has 72 valence electrons. The van der Waals surface area contributed by atoms with Crippen molar-refractivity contribution in [1.82, 2.24) is 0 Å². The second-order valence-electron chi connectivity index (χ2n) is 3.66. The molecule has 0 aromatic carbocycles. The summed E-state index contributed by atoms with van der Waals surface area (Å²) >= 11 is 0. The summed E-state index contributed by atoms with van der Waals surface area (Å²) in [6, 6.07) is 0. The van der Waals surface area contributed by atoms with E-state index in [0.29, 0.717) is 12.5 Å². The molecule has 1 heterocycles. The predicted molar refractivity (Wildman–Crippen MR) is 47.8 cm³/mol. The molecule has 0 saturated carbocycles. The minimum Gasteiger partial charge on any atom is -0.394 e. The Morgan fingerprint density at radius 2 is 2.42 bits per heavy atom. The molecular formula is C9H19NO2. The fraction of sp³-hybridized carbons (Fsp3) is 1.00. The van der Waals surface area contributed by atoms with Crippen LogP contribution in [0, 0.1) is 5.92 Å². The topological polar surface area (TPSA) is 55.5 Å². The van der Waals surface area contributed by atoms with Crippen molar-refractivity contribution in [2.24, 2.45) is 11.7 Å². The molecule has 0 aromatic heterocycles. The van der Waals surface area contributed by atoms with Gasteiger partial charge in [-0.25, -0.2) is 0 Å². The van der Waals surface area contributed by atoms with Gasteiger partial charge in [-0.15, -0.1) is 0 Å². The Hall–Kier alpha value is -0.120. The summed E-state index contributed by atoms with van der Waals surface area (Å²) in [6.07, 6.45) is 2.98. The lowest BCUT2D eigenvalue weighted by Gasteiger charge is -2.37. The van der Waals surface area contributed by atoms with Gasteiger partial charge in [0.1, 0.15) is 0 Å². The van der Waals surface area contributed by atoms with E-state index in [9.17, 15) is 0 Å². The maximum absolute atomic E-state index is 9.16. The van der Waals surface area contributed by atoms with Crippen molar-refractivity contribution in [3.63, 3.8) is 0 Å². The van der Waals surface area contributed by atoms with Gasteiger partial charge in [-0.3, -0.25) is 0 Å².